The van der Waals surface area contributed by atoms with E-state index in [2.05, 4.69) is 4.98 Å². The zero-order valence-corrected chi connectivity index (χ0v) is 9.60. The van der Waals surface area contributed by atoms with Crippen LogP contribution < -0.4 is 0 Å². The molecular weight excluding hydrogens is 230 g/mol. The van der Waals surface area contributed by atoms with E-state index in [1.807, 2.05) is 30.3 Å². The van der Waals surface area contributed by atoms with Crippen molar-refractivity contribution in [3.63, 3.8) is 0 Å². The van der Waals surface area contributed by atoms with Crippen LogP contribution in [0.2, 0.25) is 0 Å². The van der Waals surface area contributed by atoms with Gasteiger partial charge in [-0.15, -0.1) is 0 Å². The van der Waals surface area contributed by atoms with Crippen LogP contribution in [0.5, 0.6) is 0 Å². The molecule has 2 aliphatic rings. The molecule has 4 heteroatoms. The van der Waals surface area contributed by atoms with Crippen LogP contribution in [0.3, 0.4) is 0 Å². The molecule has 1 aliphatic carbocycles. The number of carbonyl (C=O) groups excluding carboxylic acids is 1. The zero-order valence-electron chi connectivity index (χ0n) is 9.60. The second kappa shape index (κ2) is 3.31. The van der Waals surface area contributed by atoms with Crippen LogP contribution in [0.15, 0.2) is 30.3 Å². The molecule has 0 atom stereocenters. The van der Waals surface area contributed by atoms with Gasteiger partial charge in [0.05, 0.1) is 24.5 Å². The molecular formula is C14H11NO3. The SMILES string of the molecule is O=C1c2c([nH]c3ccccc23)C=CC12OCCO2. The van der Waals surface area contributed by atoms with Crippen LogP contribution in [0, 0.1) is 0 Å². The first-order chi connectivity index (χ1) is 8.80. The van der Waals surface area contributed by atoms with Gasteiger partial charge in [0.15, 0.2) is 0 Å². The van der Waals surface area contributed by atoms with E-state index in [1.54, 1.807) is 6.08 Å². The number of aromatic amines is 1. The number of aromatic nitrogens is 1. The lowest BCUT2D eigenvalue weighted by atomic mass is 9.94. The number of carbonyl (C=O) groups is 1. The second-order valence-electron chi connectivity index (χ2n) is 4.49. The highest BCUT2D eigenvalue weighted by molar-refractivity contribution is 6.16. The molecule has 0 radical (unpaired) electrons. The summed E-state index contributed by atoms with van der Waals surface area (Å²) in [6, 6.07) is 7.75. The molecule has 4 rings (SSSR count). The average molecular weight is 241 g/mol. The van der Waals surface area contributed by atoms with E-state index in [-0.39, 0.29) is 5.78 Å². The van der Waals surface area contributed by atoms with Crippen molar-refractivity contribution in [2.45, 2.75) is 5.79 Å². The predicted molar refractivity (Wildman–Crippen MR) is 66.3 cm³/mol. The lowest BCUT2D eigenvalue weighted by Crippen LogP contribution is -2.39. The van der Waals surface area contributed by atoms with Gasteiger partial charge < -0.3 is 14.5 Å². The van der Waals surface area contributed by atoms with Crippen molar-refractivity contribution in [1.29, 1.82) is 0 Å². The van der Waals surface area contributed by atoms with Crippen LogP contribution in [-0.4, -0.2) is 29.8 Å². The topological polar surface area (TPSA) is 51.3 Å². The molecule has 0 unspecified atom stereocenters. The highest BCUT2D eigenvalue weighted by Gasteiger charge is 2.46. The molecule has 1 N–H and O–H groups in total. The van der Waals surface area contributed by atoms with Gasteiger partial charge in [0.1, 0.15) is 0 Å². The maximum atomic E-state index is 12.6. The van der Waals surface area contributed by atoms with E-state index < -0.39 is 5.79 Å². The largest absolute Gasteiger partial charge is 0.354 e. The Hall–Kier alpha value is -1.91. The highest BCUT2D eigenvalue weighted by atomic mass is 16.7. The lowest BCUT2D eigenvalue weighted by Gasteiger charge is -2.24. The number of hydrogen-bond donors (Lipinski definition) is 1. The van der Waals surface area contributed by atoms with Crippen LogP contribution >= 0.6 is 0 Å². The summed E-state index contributed by atoms with van der Waals surface area (Å²) in [6.45, 7) is 0.904. The Morgan fingerprint density at radius 3 is 2.78 bits per heavy atom. The molecule has 0 bridgehead atoms. The first-order valence-electron chi connectivity index (χ1n) is 5.93. The molecule has 1 aromatic heterocycles. The summed E-state index contributed by atoms with van der Waals surface area (Å²) in [4.78, 5) is 15.8. The summed E-state index contributed by atoms with van der Waals surface area (Å²) < 4.78 is 11.0. The fourth-order valence-corrected chi connectivity index (χ4v) is 2.63. The minimum absolute atomic E-state index is 0.116. The van der Waals surface area contributed by atoms with E-state index in [0.717, 1.165) is 16.6 Å². The summed E-state index contributed by atoms with van der Waals surface area (Å²) >= 11 is 0. The second-order valence-corrected chi connectivity index (χ2v) is 4.49. The van der Waals surface area contributed by atoms with Crippen molar-refractivity contribution in [2.24, 2.45) is 0 Å². The molecule has 1 aromatic carbocycles. The molecule has 1 aliphatic heterocycles. The Balaban J connectivity index is 1.99. The van der Waals surface area contributed by atoms with Crippen molar-refractivity contribution in [1.82, 2.24) is 4.98 Å². The third-order valence-corrected chi connectivity index (χ3v) is 3.46. The minimum Gasteiger partial charge on any atom is -0.354 e. The Labute approximate surface area is 103 Å². The van der Waals surface area contributed by atoms with Crippen molar-refractivity contribution in [3.8, 4) is 0 Å². The zero-order chi connectivity index (χ0) is 12.2. The van der Waals surface area contributed by atoms with Crippen molar-refractivity contribution >= 4 is 22.8 Å². The van der Waals surface area contributed by atoms with Gasteiger partial charge in [0.25, 0.3) is 5.79 Å². The van der Waals surface area contributed by atoms with Gasteiger partial charge in [-0.2, -0.15) is 0 Å². The fraction of sp³-hybridized carbons (Fsp3) is 0.214. The summed E-state index contributed by atoms with van der Waals surface area (Å²) in [7, 11) is 0. The van der Waals surface area contributed by atoms with Gasteiger partial charge in [-0.25, -0.2) is 0 Å². The Morgan fingerprint density at radius 1 is 1.17 bits per heavy atom. The number of Topliss-reactive ketones (excluding diaryl/α,β-unsaturated/α-hetero) is 1. The third kappa shape index (κ3) is 1.14. The summed E-state index contributed by atoms with van der Waals surface area (Å²) in [5.74, 6) is -1.31. The van der Waals surface area contributed by atoms with Gasteiger partial charge in [-0.1, -0.05) is 18.2 Å². The number of ketones is 1. The average Bonchev–Trinajstić information content (AvgIpc) is 3.00. The number of nitrogens with one attached hydrogen (secondary N) is 1. The molecule has 0 saturated carbocycles. The Kier molecular flexibility index (Phi) is 1.85. The quantitative estimate of drug-likeness (QED) is 0.768. The van der Waals surface area contributed by atoms with Crippen LogP contribution in [0.1, 0.15) is 16.1 Å². The van der Waals surface area contributed by atoms with E-state index in [9.17, 15) is 4.79 Å². The van der Waals surface area contributed by atoms with E-state index in [4.69, 9.17) is 9.47 Å². The van der Waals surface area contributed by atoms with Crippen molar-refractivity contribution in [3.05, 3.63) is 41.6 Å². The molecule has 1 saturated heterocycles. The van der Waals surface area contributed by atoms with Gasteiger partial charge in [-0.3, -0.25) is 4.79 Å². The number of benzene rings is 1. The minimum atomic E-state index is -1.20. The van der Waals surface area contributed by atoms with Crippen molar-refractivity contribution in [2.75, 3.05) is 13.2 Å². The van der Waals surface area contributed by atoms with Gasteiger partial charge in [0, 0.05) is 10.9 Å². The number of para-hydroxylation sites is 1. The highest BCUT2D eigenvalue weighted by Crippen LogP contribution is 2.36. The number of fused-ring (bicyclic) bond motifs is 3. The number of ether oxygens (including phenoxy) is 2. The van der Waals surface area contributed by atoms with Crippen molar-refractivity contribution < 1.29 is 14.3 Å². The van der Waals surface area contributed by atoms with E-state index in [0.29, 0.717) is 18.8 Å². The molecule has 2 heterocycles. The number of H-pyrrole nitrogens is 1. The molecule has 1 spiro atoms. The van der Waals surface area contributed by atoms with Crippen LogP contribution in [0.4, 0.5) is 0 Å². The number of rotatable bonds is 0. The summed E-state index contributed by atoms with van der Waals surface area (Å²) in [6.07, 6.45) is 3.56. The third-order valence-electron chi connectivity index (χ3n) is 3.46. The Morgan fingerprint density at radius 2 is 1.94 bits per heavy atom. The maximum Gasteiger partial charge on any atom is 0.254 e. The maximum absolute atomic E-state index is 12.6. The number of hydrogen-bond acceptors (Lipinski definition) is 3. The molecule has 1 fully saturated rings. The predicted octanol–water partition coefficient (Wildman–Crippen LogP) is 2.12. The molecule has 4 nitrogen and oxygen atoms in total. The fourth-order valence-electron chi connectivity index (χ4n) is 2.63. The summed E-state index contributed by atoms with van der Waals surface area (Å²) in [5.41, 5.74) is 2.44. The monoisotopic (exact) mass is 241 g/mol. The summed E-state index contributed by atoms with van der Waals surface area (Å²) in [5, 5.41) is 0.917. The standard InChI is InChI=1S/C14H11NO3/c16-13-12-9-3-1-2-4-10(9)15-11(12)5-6-14(13)17-7-8-18-14/h1-6,15H,7-8H2. The molecule has 2 aromatic rings. The van der Waals surface area contributed by atoms with Gasteiger partial charge >= 0.3 is 0 Å². The smallest absolute Gasteiger partial charge is 0.254 e. The molecule has 0 amide bonds. The van der Waals surface area contributed by atoms with E-state index >= 15 is 0 Å². The first kappa shape index (κ1) is 10.1. The van der Waals surface area contributed by atoms with E-state index in [1.165, 1.54) is 0 Å². The van der Waals surface area contributed by atoms with Crippen LogP contribution in [-0.2, 0) is 9.47 Å². The van der Waals surface area contributed by atoms with Crippen LogP contribution in [0.25, 0.3) is 17.0 Å². The normalized spacial score (nSPS) is 20.8. The molecule has 18 heavy (non-hydrogen) atoms. The van der Waals surface area contributed by atoms with Gasteiger partial charge in [-0.05, 0) is 18.2 Å². The molecule has 90 valence electrons. The lowest BCUT2D eigenvalue weighted by molar-refractivity contribution is -0.0822. The first-order valence-corrected chi connectivity index (χ1v) is 5.93. The Bertz CT molecular complexity index is 677. The van der Waals surface area contributed by atoms with Gasteiger partial charge in [0.2, 0.25) is 5.78 Å².